The number of terminal acetylenes is 1. The van der Waals surface area contributed by atoms with Crippen molar-refractivity contribution in [1.82, 2.24) is 29.5 Å². The van der Waals surface area contributed by atoms with E-state index in [0.717, 1.165) is 48.1 Å². The van der Waals surface area contributed by atoms with Gasteiger partial charge in [0.05, 0.1) is 17.8 Å². The highest BCUT2D eigenvalue weighted by atomic mass is 32.2. The standard InChI is InChI=1S/C21H24N6OS/c1-3-9-25-11-13-26(14-12-25)18(28)15-29-21-22-20-19(23-24-21)16-7-5-6-8-17(16)27(20)10-4-2/h1,5-8H,4,9-15H2,2H3. The molecule has 1 aromatic carbocycles. The second-order valence-corrected chi connectivity index (χ2v) is 8.03. The van der Waals surface area contributed by atoms with E-state index < -0.39 is 0 Å². The second kappa shape index (κ2) is 8.80. The summed E-state index contributed by atoms with van der Waals surface area (Å²) in [5.41, 5.74) is 2.77. The summed E-state index contributed by atoms with van der Waals surface area (Å²) in [7, 11) is 0. The highest BCUT2D eigenvalue weighted by molar-refractivity contribution is 7.99. The summed E-state index contributed by atoms with van der Waals surface area (Å²) in [5, 5.41) is 10.3. The van der Waals surface area contributed by atoms with Crippen molar-refractivity contribution in [2.24, 2.45) is 0 Å². The molecule has 2 aromatic heterocycles. The van der Waals surface area contributed by atoms with E-state index in [0.29, 0.717) is 30.5 Å². The Labute approximate surface area is 174 Å². The lowest BCUT2D eigenvalue weighted by Gasteiger charge is -2.33. The lowest BCUT2D eigenvalue weighted by atomic mass is 10.2. The molecular formula is C21H24N6OS. The number of para-hydroxylation sites is 1. The van der Waals surface area contributed by atoms with Crippen LogP contribution in [0.1, 0.15) is 13.3 Å². The van der Waals surface area contributed by atoms with Crippen LogP contribution in [0.2, 0.25) is 0 Å². The molecule has 1 fully saturated rings. The fraction of sp³-hybridized carbons (Fsp3) is 0.429. The van der Waals surface area contributed by atoms with Crippen molar-refractivity contribution in [1.29, 1.82) is 0 Å². The fourth-order valence-corrected chi connectivity index (χ4v) is 4.39. The van der Waals surface area contributed by atoms with E-state index in [1.807, 2.05) is 17.0 Å². The molecule has 29 heavy (non-hydrogen) atoms. The first kappa shape index (κ1) is 19.7. The van der Waals surface area contributed by atoms with Crippen LogP contribution in [0.15, 0.2) is 29.4 Å². The molecule has 0 saturated carbocycles. The van der Waals surface area contributed by atoms with Crippen molar-refractivity contribution < 1.29 is 4.79 Å². The molecule has 0 aliphatic carbocycles. The lowest BCUT2D eigenvalue weighted by Crippen LogP contribution is -2.49. The molecular weight excluding hydrogens is 384 g/mol. The zero-order chi connectivity index (χ0) is 20.2. The Morgan fingerprint density at radius 1 is 1.21 bits per heavy atom. The predicted molar refractivity (Wildman–Crippen MR) is 116 cm³/mol. The van der Waals surface area contributed by atoms with E-state index in [1.165, 1.54) is 11.8 Å². The van der Waals surface area contributed by atoms with Gasteiger partial charge in [0.1, 0.15) is 5.52 Å². The highest BCUT2D eigenvalue weighted by Gasteiger charge is 2.21. The van der Waals surface area contributed by atoms with Gasteiger partial charge < -0.3 is 9.47 Å². The first-order valence-electron chi connectivity index (χ1n) is 9.89. The molecule has 0 radical (unpaired) electrons. The number of hydrogen-bond donors (Lipinski definition) is 0. The number of aromatic nitrogens is 4. The summed E-state index contributed by atoms with van der Waals surface area (Å²) in [4.78, 5) is 21.4. The van der Waals surface area contributed by atoms with Gasteiger partial charge in [0, 0.05) is 38.1 Å². The van der Waals surface area contributed by atoms with Crippen LogP contribution in [0.5, 0.6) is 0 Å². The number of benzene rings is 1. The van der Waals surface area contributed by atoms with Crippen molar-refractivity contribution in [3.05, 3.63) is 24.3 Å². The number of carbonyl (C=O) groups is 1. The number of thioether (sulfide) groups is 1. The Kier molecular flexibility index (Phi) is 5.97. The van der Waals surface area contributed by atoms with Crippen LogP contribution in [-0.2, 0) is 11.3 Å². The zero-order valence-corrected chi connectivity index (χ0v) is 17.4. The van der Waals surface area contributed by atoms with Crippen LogP contribution in [-0.4, -0.2) is 73.9 Å². The van der Waals surface area contributed by atoms with Crippen LogP contribution >= 0.6 is 11.8 Å². The SMILES string of the molecule is C#CCN1CCN(C(=O)CSc2nnc3c4ccccc4n(CCC)c3n2)CC1. The second-order valence-electron chi connectivity index (χ2n) is 7.09. The van der Waals surface area contributed by atoms with Gasteiger partial charge in [-0.05, 0) is 12.5 Å². The van der Waals surface area contributed by atoms with Crippen molar-refractivity contribution >= 4 is 39.7 Å². The van der Waals surface area contributed by atoms with E-state index in [1.54, 1.807) is 0 Å². The third-order valence-electron chi connectivity index (χ3n) is 5.17. The minimum Gasteiger partial charge on any atom is -0.339 e. The summed E-state index contributed by atoms with van der Waals surface area (Å²) in [6, 6.07) is 8.17. The number of aryl methyl sites for hydroxylation is 1. The fourth-order valence-electron chi connectivity index (χ4n) is 3.70. The molecule has 0 atom stereocenters. The van der Waals surface area contributed by atoms with Crippen molar-refractivity contribution in [3.63, 3.8) is 0 Å². The van der Waals surface area contributed by atoms with Crippen LogP contribution in [0.4, 0.5) is 0 Å². The van der Waals surface area contributed by atoms with Crippen LogP contribution in [0.3, 0.4) is 0 Å². The average molecular weight is 409 g/mol. The summed E-state index contributed by atoms with van der Waals surface area (Å²) in [6.07, 6.45) is 6.37. The number of piperazine rings is 1. The molecule has 8 heteroatoms. The van der Waals surface area contributed by atoms with Gasteiger partial charge in [-0.2, -0.15) is 0 Å². The average Bonchev–Trinajstić information content (AvgIpc) is 3.06. The number of carbonyl (C=O) groups excluding carboxylic acids is 1. The van der Waals surface area contributed by atoms with Crippen molar-refractivity contribution in [2.75, 3.05) is 38.5 Å². The first-order chi connectivity index (χ1) is 14.2. The van der Waals surface area contributed by atoms with Gasteiger partial charge in [0.2, 0.25) is 11.1 Å². The summed E-state index contributed by atoms with van der Waals surface area (Å²) in [5.74, 6) is 3.08. The smallest absolute Gasteiger partial charge is 0.233 e. The molecule has 0 spiro atoms. The monoisotopic (exact) mass is 408 g/mol. The summed E-state index contributed by atoms with van der Waals surface area (Å²) >= 11 is 1.35. The van der Waals surface area contributed by atoms with Gasteiger partial charge in [-0.1, -0.05) is 42.8 Å². The molecule has 0 unspecified atom stereocenters. The molecule has 1 aliphatic rings. The number of rotatable bonds is 6. The minimum absolute atomic E-state index is 0.105. The maximum absolute atomic E-state index is 12.6. The number of hydrogen-bond acceptors (Lipinski definition) is 6. The Hall–Kier alpha value is -2.63. The summed E-state index contributed by atoms with van der Waals surface area (Å²) < 4.78 is 2.19. The lowest BCUT2D eigenvalue weighted by molar-refractivity contribution is -0.129. The van der Waals surface area contributed by atoms with Crippen LogP contribution in [0.25, 0.3) is 22.1 Å². The van der Waals surface area contributed by atoms with E-state index in [2.05, 4.69) is 44.6 Å². The number of nitrogens with zero attached hydrogens (tertiary/aromatic N) is 6. The van der Waals surface area contributed by atoms with Gasteiger partial charge in [-0.25, -0.2) is 4.98 Å². The number of amides is 1. The largest absolute Gasteiger partial charge is 0.339 e. The molecule has 3 heterocycles. The van der Waals surface area contributed by atoms with Gasteiger partial charge in [0.25, 0.3) is 0 Å². The highest BCUT2D eigenvalue weighted by Crippen LogP contribution is 2.27. The molecule has 4 rings (SSSR count). The Morgan fingerprint density at radius 2 is 2.00 bits per heavy atom. The maximum Gasteiger partial charge on any atom is 0.233 e. The van der Waals surface area contributed by atoms with Gasteiger partial charge in [0.15, 0.2) is 5.65 Å². The normalized spacial score (nSPS) is 15.1. The quantitative estimate of drug-likeness (QED) is 0.460. The van der Waals surface area contributed by atoms with Crippen LogP contribution < -0.4 is 0 Å². The Balaban J connectivity index is 1.48. The molecule has 0 bridgehead atoms. The topological polar surface area (TPSA) is 67.2 Å². The van der Waals surface area contributed by atoms with E-state index in [4.69, 9.17) is 11.4 Å². The number of fused-ring (bicyclic) bond motifs is 3. The summed E-state index contributed by atoms with van der Waals surface area (Å²) in [6.45, 7) is 6.72. The van der Waals surface area contributed by atoms with E-state index >= 15 is 0 Å². The van der Waals surface area contributed by atoms with Gasteiger partial charge in [-0.15, -0.1) is 16.6 Å². The Bertz CT molecular complexity index is 1060. The van der Waals surface area contributed by atoms with Crippen LogP contribution in [0, 0.1) is 12.3 Å². The molecule has 7 nitrogen and oxygen atoms in total. The Morgan fingerprint density at radius 3 is 2.76 bits per heavy atom. The molecule has 1 saturated heterocycles. The molecule has 1 aliphatic heterocycles. The van der Waals surface area contributed by atoms with E-state index in [9.17, 15) is 4.79 Å². The van der Waals surface area contributed by atoms with Gasteiger partial charge >= 0.3 is 0 Å². The third-order valence-corrected chi connectivity index (χ3v) is 5.99. The maximum atomic E-state index is 12.6. The first-order valence-corrected chi connectivity index (χ1v) is 10.9. The van der Waals surface area contributed by atoms with Crippen molar-refractivity contribution in [3.8, 4) is 12.3 Å². The molecule has 3 aromatic rings. The van der Waals surface area contributed by atoms with E-state index in [-0.39, 0.29) is 5.91 Å². The molecule has 0 N–H and O–H groups in total. The van der Waals surface area contributed by atoms with Gasteiger partial charge in [-0.3, -0.25) is 9.69 Å². The third kappa shape index (κ3) is 4.07. The predicted octanol–water partition coefficient (Wildman–Crippen LogP) is 2.26. The molecule has 1 amide bonds. The zero-order valence-electron chi connectivity index (χ0n) is 16.5. The van der Waals surface area contributed by atoms with Crippen molar-refractivity contribution in [2.45, 2.75) is 25.0 Å². The minimum atomic E-state index is 0.105. The molecule has 150 valence electrons.